The number of rotatable bonds is 4. The number of hydrogen-bond acceptors (Lipinski definition) is 8. The van der Waals surface area contributed by atoms with E-state index >= 15 is 0 Å². The maximum Gasteiger partial charge on any atom is 0.201 e. The van der Waals surface area contributed by atoms with Crippen molar-refractivity contribution in [1.29, 1.82) is 5.26 Å². The first-order chi connectivity index (χ1) is 18.2. The summed E-state index contributed by atoms with van der Waals surface area (Å²) < 4.78 is 34.9. The molecule has 1 aliphatic heterocycles. The van der Waals surface area contributed by atoms with Gasteiger partial charge in [0.2, 0.25) is 9.84 Å². The van der Waals surface area contributed by atoms with Crippen molar-refractivity contribution in [3.63, 3.8) is 0 Å². The first-order valence-electron chi connectivity index (χ1n) is 11.7. The van der Waals surface area contributed by atoms with E-state index in [9.17, 15) is 23.9 Å². The normalized spacial score (nSPS) is 27.7. The number of sulfone groups is 1. The minimum Gasteiger partial charge on any atom is -0.476 e. The topological polar surface area (TPSA) is 133 Å². The van der Waals surface area contributed by atoms with Crippen LogP contribution >= 0.6 is 11.6 Å². The van der Waals surface area contributed by atoms with Crippen molar-refractivity contribution in [2.24, 2.45) is 0 Å². The third kappa shape index (κ3) is 3.18. The van der Waals surface area contributed by atoms with E-state index in [1.165, 1.54) is 24.5 Å². The van der Waals surface area contributed by atoms with Gasteiger partial charge in [-0.15, -0.1) is 0 Å². The van der Waals surface area contributed by atoms with Crippen molar-refractivity contribution in [1.82, 2.24) is 9.97 Å². The van der Waals surface area contributed by atoms with Gasteiger partial charge in [0, 0.05) is 18.5 Å². The first kappa shape index (κ1) is 24.5. The summed E-state index contributed by atoms with van der Waals surface area (Å²) in [4.78, 5) is 8.37. The fraction of sp³-hybridized carbons (Fsp3) is 0.179. The summed E-state index contributed by atoms with van der Waals surface area (Å²) in [6.45, 7) is 0. The summed E-state index contributed by atoms with van der Waals surface area (Å²) in [6.07, 6.45) is 0.777. The van der Waals surface area contributed by atoms with Crippen LogP contribution < -0.4 is 4.74 Å². The van der Waals surface area contributed by atoms with Crippen LogP contribution in [-0.2, 0) is 21.0 Å². The molecule has 1 aliphatic carbocycles. The predicted molar refractivity (Wildman–Crippen MR) is 137 cm³/mol. The number of hydrogen-bond donors (Lipinski definition) is 2. The van der Waals surface area contributed by atoms with Crippen LogP contribution in [-0.4, -0.2) is 40.0 Å². The highest BCUT2D eigenvalue weighted by molar-refractivity contribution is 7.92. The lowest BCUT2D eigenvalue weighted by Gasteiger charge is -2.40. The van der Waals surface area contributed by atoms with Gasteiger partial charge in [-0.1, -0.05) is 60.1 Å². The van der Waals surface area contributed by atoms with Crippen molar-refractivity contribution < 1.29 is 23.4 Å². The number of aliphatic hydroxyl groups is 2. The Balaban J connectivity index is 1.71. The molecule has 0 amide bonds. The minimum atomic E-state index is -4.34. The third-order valence-electron chi connectivity index (χ3n) is 7.41. The molecule has 8 nitrogen and oxygen atoms in total. The lowest BCUT2D eigenvalue weighted by Crippen LogP contribution is -2.52. The molecule has 0 bridgehead atoms. The number of aliphatic hydroxyl groups excluding tert-OH is 1. The van der Waals surface area contributed by atoms with Crippen molar-refractivity contribution in [2.45, 2.75) is 33.5 Å². The number of fused-ring (bicyclic) bond motifs is 3. The molecule has 3 heterocycles. The molecule has 0 saturated heterocycles. The Labute approximate surface area is 223 Å². The van der Waals surface area contributed by atoms with Crippen LogP contribution in [0.25, 0.3) is 0 Å². The van der Waals surface area contributed by atoms with Gasteiger partial charge < -0.3 is 14.9 Å². The number of aromatic nitrogens is 2. The van der Waals surface area contributed by atoms with Gasteiger partial charge in [0.15, 0.2) is 16.2 Å². The highest BCUT2D eigenvalue weighted by Crippen LogP contribution is 2.67. The van der Waals surface area contributed by atoms with E-state index in [0.717, 1.165) is 0 Å². The van der Waals surface area contributed by atoms with Crippen LogP contribution in [0.15, 0.2) is 96.3 Å². The van der Waals surface area contributed by atoms with E-state index in [1.54, 1.807) is 66.7 Å². The summed E-state index contributed by atoms with van der Waals surface area (Å²) in [7, 11) is -4.34. The van der Waals surface area contributed by atoms with E-state index < -0.39 is 38.3 Å². The maximum absolute atomic E-state index is 14.2. The molecular formula is C28H20ClN3O5S. The largest absolute Gasteiger partial charge is 0.476 e. The van der Waals surface area contributed by atoms with Gasteiger partial charge in [-0.3, -0.25) is 4.98 Å². The zero-order valence-corrected chi connectivity index (χ0v) is 21.2. The van der Waals surface area contributed by atoms with Gasteiger partial charge in [0.05, 0.1) is 22.6 Å². The van der Waals surface area contributed by atoms with Crippen LogP contribution in [0.2, 0.25) is 5.02 Å². The zero-order valence-electron chi connectivity index (χ0n) is 19.6. The Kier molecular flexibility index (Phi) is 5.56. The Morgan fingerprint density at radius 3 is 2.37 bits per heavy atom. The lowest BCUT2D eigenvalue weighted by atomic mass is 9.72. The molecule has 5 atom stereocenters. The summed E-state index contributed by atoms with van der Waals surface area (Å²) in [5.41, 5.74) is -2.96. The minimum absolute atomic E-state index is 0.0292. The molecule has 0 spiro atoms. The van der Waals surface area contributed by atoms with Gasteiger partial charge >= 0.3 is 0 Å². The first-order valence-corrected chi connectivity index (χ1v) is 13.6. The molecule has 1 fully saturated rings. The van der Waals surface area contributed by atoms with Gasteiger partial charge in [0.25, 0.3) is 0 Å². The van der Waals surface area contributed by atoms with Crippen LogP contribution in [0.5, 0.6) is 5.75 Å². The quantitative estimate of drug-likeness (QED) is 0.398. The Morgan fingerprint density at radius 2 is 1.71 bits per heavy atom. The van der Waals surface area contributed by atoms with E-state index in [-0.39, 0.29) is 21.5 Å². The Bertz CT molecular complexity index is 1680. The lowest BCUT2D eigenvalue weighted by molar-refractivity contribution is -0.150. The molecule has 2 aliphatic rings. The molecule has 0 unspecified atom stereocenters. The van der Waals surface area contributed by atoms with Gasteiger partial charge in [-0.2, -0.15) is 5.26 Å². The van der Waals surface area contributed by atoms with E-state index in [0.29, 0.717) is 16.7 Å². The second-order valence-corrected chi connectivity index (χ2v) is 11.8. The summed E-state index contributed by atoms with van der Waals surface area (Å²) in [6, 6.07) is 23.0. The average molecular weight is 546 g/mol. The SMILES string of the molecule is N#Cc1ccc([C@@]23Oc4cc(Cl)cnc4[C@]2(O)[C@H](O)[C@H](S(=O)(=O)c2ccccn2)[C@H]3c2ccccc2)cc1. The van der Waals surface area contributed by atoms with Crippen molar-refractivity contribution in [2.75, 3.05) is 0 Å². The predicted octanol–water partition coefficient (Wildman–Crippen LogP) is 3.48. The molecule has 6 rings (SSSR count). The van der Waals surface area contributed by atoms with Crippen LogP contribution in [0, 0.1) is 11.3 Å². The molecule has 1 saturated carbocycles. The number of nitrogens with zero attached hydrogens (tertiary/aromatic N) is 3. The van der Waals surface area contributed by atoms with Crippen molar-refractivity contribution >= 4 is 21.4 Å². The fourth-order valence-electron chi connectivity index (χ4n) is 5.86. The van der Waals surface area contributed by atoms with Crippen molar-refractivity contribution in [3.8, 4) is 11.8 Å². The van der Waals surface area contributed by atoms with Gasteiger partial charge in [-0.25, -0.2) is 13.4 Å². The molecule has 38 heavy (non-hydrogen) atoms. The van der Waals surface area contributed by atoms with E-state index in [2.05, 4.69) is 16.0 Å². The maximum atomic E-state index is 14.2. The third-order valence-corrected chi connectivity index (χ3v) is 9.69. The fourth-order valence-corrected chi connectivity index (χ4v) is 8.01. The van der Waals surface area contributed by atoms with Crippen LogP contribution in [0.4, 0.5) is 0 Å². The second kappa shape index (κ2) is 8.61. The number of nitriles is 1. The van der Waals surface area contributed by atoms with Crippen LogP contribution in [0.1, 0.15) is 28.3 Å². The number of halogens is 1. The molecule has 4 aromatic rings. The number of ether oxygens (including phenoxy) is 1. The molecule has 2 aromatic carbocycles. The van der Waals surface area contributed by atoms with Crippen molar-refractivity contribution in [3.05, 3.63) is 119 Å². The van der Waals surface area contributed by atoms with E-state index in [4.69, 9.17) is 16.3 Å². The molecule has 2 aromatic heterocycles. The van der Waals surface area contributed by atoms with Gasteiger partial charge in [0.1, 0.15) is 22.8 Å². The molecular weight excluding hydrogens is 526 g/mol. The molecule has 10 heteroatoms. The smallest absolute Gasteiger partial charge is 0.201 e. The van der Waals surface area contributed by atoms with Gasteiger partial charge in [-0.05, 0) is 35.4 Å². The zero-order chi connectivity index (χ0) is 26.7. The average Bonchev–Trinajstić information content (AvgIpc) is 3.32. The summed E-state index contributed by atoms with van der Waals surface area (Å²) in [5.74, 6) is -1.00. The highest BCUT2D eigenvalue weighted by Gasteiger charge is 2.79. The molecule has 0 radical (unpaired) electrons. The number of benzene rings is 2. The Morgan fingerprint density at radius 1 is 1.00 bits per heavy atom. The second-order valence-electron chi connectivity index (χ2n) is 9.30. The summed E-state index contributed by atoms with van der Waals surface area (Å²) in [5, 5.41) is 32.3. The van der Waals surface area contributed by atoms with E-state index in [1.807, 2.05) is 0 Å². The summed E-state index contributed by atoms with van der Waals surface area (Å²) >= 11 is 6.20. The Hall–Kier alpha value is -3.81. The van der Waals surface area contributed by atoms with Crippen LogP contribution in [0.3, 0.4) is 0 Å². The molecule has 2 N–H and O–H groups in total. The molecule has 190 valence electrons. The standard InChI is InChI=1S/C28H20ClN3O5S/c29-20-14-21-25(32-16-20)27(34)26(33)24(38(35,36)22-8-4-5-13-31-22)23(18-6-2-1-3-7-18)28(27,37-21)19-11-9-17(15-30)10-12-19/h1-14,16,23-24,26,33-34H/t23-,24-,26-,27+,28+/m1/s1. The monoisotopic (exact) mass is 545 g/mol. The highest BCUT2D eigenvalue weighted by atomic mass is 35.5. The number of pyridine rings is 2.